The Morgan fingerprint density at radius 1 is 0.962 bits per heavy atom. The molecule has 0 spiro atoms. The third kappa shape index (κ3) is 3.22. The van der Waals surface area contributed by atoms with Gasteiger partial charge in [-0.3, -0.25) is 4.79 Å². The standard InChI is InChI=1S/C22H19N3O/c1-15-6-8-17(9-7-15)22(26)23-19-5-3-4-18(13-19)20-14-25-11-10-16(2)12-21(25)24-20/h3-14H,1-2H3,(H,23,26). The lowest BCUT2D eigenvalue weighted by Gasteiger charge is -2.07. The Hall–Kier alpha value is -3.40. The van der Waals surface area contributed by atoms with Crippen molar-refractivity contribution < 1.29 is 4.79 Å². The third-order valence-corrected chi connectivity index (χ3v) is 4.35. The van der Waals surface area contributed by atoms with Crippen molar-refractivity contribution in [3.05, 3.63) is 89.7 Å². The Morgan fingerprint density at radius 3 is 2.58 bits per heavy atom. The number of hydrogen-bond acceptors (Lipinski definition) is 2. The topological polar surface area (TPSA) is 46.4 Å². The molecule has 0 bridgehead atoms. The highest BCUT2D eigenvalue weighted by Gasteiger charge is 2.08. The van der Waals surface area contributed by atoms with Crippen LogP contribution in [-0.4, -0.2) is 15.3 Å². The average Bonchev–Trinajstić information content (AvgIpc) is 3.05. The second-order valence-electron chi connectivity index (χ2n) is 6.50. The zero-order chi connectivity index (χ0) is 18.1. The monoisotopic (exact) mass is 341 g/mol. The molecule has 1 amide bonds. The predicted octanol–water partition coefficient (Wildman–Crippen LogP) is 4.87. The van der Waals surface area contributed by atoms with Crippen LogP contribution in [0.25, 0.3) is 16.9 Å². The fourth-order valence-electron chi connectivity index (χ4n) is 2.89. The van der Waals surface area contributed by atoms with Crippen LogP contribution in [0.1, 0.15) is 21.5 Å². The van der Waals surface area contributed by atoms with E-state index in [9.17, 15) is 4.79 Å². The maximum Gasteiger partial charge on any atom is 0.255 e. The van der Waals surface area contributed by atoms with Gasteiger partial charge in [-0.2, -0.15) is 0 Å². The number of fused-ring (bicyclic) bond motifs is 1. The number of aromatic nitrogens is 2. The number of hydrogen-bond donors (Lipinski definition) is 1. The first kappa shape index (κ1) is 16.1. The van der Waals surface area contributed by atoms with Crippen LogP contribution in [0.5, 0.6) is 0 Å². The summed E-state index contributed by atoms with van der Waals surface area (Å²) in [6, 6.07) is 19.4. The van der Waals surface area contributed by atoms with Gasteiger partial charge in [0.25, 0.3) is 5.91 Å². The zero-order valence-corrected chi connectivity index (χ0v) is 14.7. The van der Waals surface area contributed by atoms with E-state index in [1.807, 2.05) is 78.3 Å². The molecule has 0 radical (unpaired) electrons. The summed E-state index contributed by atoms with van der Waals surface area (Å²) < 4.78 is 2.00. The number of nitrogens with zero attached hydrogens (tertiary/aromatic N) is 2. The van der Waals surface area contributed by atoms with E-state index in [0.29, 0.717) is 5.56 Å². The minimum Gasteiger partial charge on any atom is -0.322 e. The molecule has 0 atom stereocenters. The van der Waals surface area contributed by atoms with Gasteiger partial charge < -0.3 is 9.72 Å². The largest absolute Gasteiger partial charge is 0.322 e. The molecule has 26 heavy (non-hydrogen) atoms. The van der Waals surface area contributed by atoms with E-state index in [0.717, 1.165) is 28.2 Å². The van der Waals surface area contributed by atoms with E-state index >= 15 is 0 Å². The van der Waals surface area contributed by atoms with Crippen LogP contribution in [0, 0.1) is 13.8 Å². The van der Waals surface area contributed by atoms with E-state index in [4.69, 9.17) is 0 Å². The molecule has 0 aliphatic carbocycles. The van der Waals surface area contributed by atoms with E-state index < -0.39 is 0 Å². The Balaban J connectivity index is 1.61. The first-order valence-electron chi connectivity index (χ1n) is 8.52. The van der Waals surface area contributed by atoms with Crippen molar-refractivity contribution >= 4 is 17.2 Å². The van der Waals surface area contributed by atoms with Crippen molar-refractivity contribution in [3.63, 3.8) is 0 Å². The number of carbonyl (C=O) groups is 1. The van der Waals surface area contributed by atoms with Crippen LogP contribution < -0.4 is 5.32 Å². The fourth-order valence-corrected chi connectivity index (χ4v) is 2.89. The number of carbonyl (C=O) groups excluding carboxylic acids is 1. The van der Waals surface area contributed by atoms with Gasteiger partial charge in [0.05, 0.1) is 5.69 Å². The van der Waals surface area contributed by atoms with Gasteiger partial charge in [-0.15, -0.1) is 0 Å². The van der Waals surface area contributed by atoms with Gasteiger partial charge in [0, 0.05) is 29.2 Å². The highest BCUT2D eigenvalue weighted by molar-refractivity contribution is 6.04. The number of benzene rings is 2. The molecule has 0 saturated carbocycles. The molecule has 1 N–H and O–H groups in total. The van der Waals surface area contributed by atoms with Crippen molar-refractivity contribution in [3.8, 4) is 11.3 Å². The minimum atomic E-state index is -0.118. The van der Waals surface area contributed by atoms with E-state index in [-0.39, 0.29) is 5.91 Å². The lowest BCUT2D eigenvalue weighted by Crippen LogP contribution is -2.11. The molecule has 0 aliphatic heterocycles. The molecule has 4 rings (SSSR count). The summed E-state index contributed by atoms with van der Waals surface area (Å²) in [4.78, 5) is 17.1. The number of imidazole rings is 1. The molecule has 0 aliphatic rings. The quantitative estimate of drug-likeness (QED) is 0.578. The molecular formula is C22H19N3O. The van der Waals surface area contributed by atoms with Gasteiger partial charge in [-0.1, -0.05) is 29.8 Å². The molecule has 0 saturated heterocycles. The molecule has 2 aromatic carbocycles. The lowest BCUT2D eigenvalue weighted by atomic mass is 10.1. The second kappa shape index (κ2) is 6.48. The molecule has 2 heterocycles. The van der Waals surface area contributed by atoms with Gasteiger partial charge in [-0.25, -0.2) is 4.98 Å². The second-order valence-corrected chi connectivity index (χ2v) is 6.50. The Morgan fingerprint density at radius 2 is 1.77 bits per heavy atom. The normalized spacial score (nSPS) is 10.8. The maximum atomic E-state index is 12.4. The lowest BCUT2D eigenvalue weighted by molar-refractivity contribution is 0.102. The van der Waals surface area contributed by atoms with Crippen LogP contribution >= 0.6 is 0 Å². The first-order chi connectivity index (χ1) is 12.6. The van der Waals surface area contributed by atoms with Gasteiger partial charge in [-0.05, 0) is 55.8 Å². The van der Waals surface area contributed by atoms with Gasteiger partial charge in [0.15, 0.2) is 0 Å². The van der Waals surface area contributed by atoms with Crippen LogP contribution in [-0.2, 0) is 0 Å². The summed E-state index contributed by atoms with van der Waals surface area (Å²) in [5.74, 6) is -0.118. The number of rotatable bonds is 3. The zero-order valence-electron chi connectivity index (χ0n) is 14.7. The van der Waals surface area contributed by atoms with E-state index in [1.54, 1.807) is 0 Å². The van der Waals surface area contributed by atoms with Crippen LogP contribution in [0.2, 0.25) is 0 Å². The molecular weight excluding hydrogens is 322 g/mol. The van der Waals surface area contributed by atoms with Crippen molar-refractivity contribution in [2.75, 3.05) is 5.32 Å². The van der Waals surface area contributed by atoms with Crippen LogP contribution in [0.3, 0.4) is 0 Å². The highest BCUT2D eigenvalue weighted by Crippen LogP contribution is 2.23. The number of pyridine rings is 1. The number of nitrogens with one attached hydrogen (secondary N) is 1. The third-order valence-electron chi connectivity index (χ3n) is 4.35. The summed E-state index contributed by atoms with van der Waals surface area (Å²) in [7, 11) is 0. The Bertz CT molecular complexity index is 1090. The molecule has 0 unspecified atom stereocenters. The minimum absolute atomic E-state index is 0.118. The highest BCUT2D eigenvalue weighted by atomic mass is 16.1. The van der Waals surface area contributed by atoms with Crippen molar-refractivity contribution in [2.24, 2.45) is 0 Å². The van der Waals surface area contributed by atoms with Gasteiger partial charge in [0.1, 0.15) is 5.65 Å². The molecule has 2 aromatic heterocycles. The molecule has 4 heteroatoms. The number of aryl methyl sites for hydroxylation is 2. The molecule has 0 fully saturated rings. The summed E-state index contributed by atoms with van der Waals surface area (Å²) >= 11 is 0. The van der Waals surface area contributed by atoms with E-state index in [1.165, 1.54) is 5.56 Å². The molecule has 4 nitrogen and oxygen atoms in total. The Labute approximate surface area is 152 Å². The Kier molecular flexibility index (Phi) is 4.01. The summed E-state index contributed by atoms with van der Waals surface area (Å²) in [5.41, 5.74) is 6.45. The first-order valence-corrected chi connectivity index (χ1v) is 8.52. The smallest absolute Gasteiger partial charge is 0.255 e. The molecule has 4 aromatic rings. The number of anilines is 1. The van der Waals surface area contributed by atoms with E-state index in [2.05, 4.69) is 23.3 Å². The maximum absolute atomic E-state index is 12.4. The predicted molar refractivity (Wildman–Crippen MR) is 104 cm³/mol. The van der Waals surface area contributed by atoms with Gasteiger partial charge in [0.2, 0.25) is 0 Å². The molecule has 128 valence electrons. The summed E-state index contributed by atoms with van der Waals surface area (Å²) in [6.45, 7) is 4.05. The summed E-state index contributed by atoms with van der Waals surface area (Å²) in [5, 5.41) is 2.96. The summed E-state index contributed by atoms with van der Waals surface area (Å²) in [6.07, 6.45) is 4.00. The van der Waals surface area contributed by atoms with Crippen molar-refractivity contribution in [1.29, 1.82) is 0 Å². The van der Waals surface area contributed by atoms with Crippen LogP contribution in [0.4, 0.5) is 5.69 Å². The SMILES string of the molecule is Cc1ccc(C(=O)Nc2cccc(-c3cn4ccc(C)cc4n3)c2)cc1. The number of amides is 1. The van der Waals surface area contributed by atoms with Crippen molar-refractivity contribution in [1.82, 2.24) is 9.38 Å². The van der Waals surface area contributed by atoms with Crippen LogP contribution in [0.15, 0.2) is 73.1 Å². The average molecular weight is 341 g/mol. The fraction of sp³-hybridized carbons (Fsp3) is 0.0909. The van der Waals surface area contributed by atoms with Crippen molar-refractivity contribution in [2.45, 2.75) is 13.8 Å². The van der Waals surface area contributed by atoms with Gasteiger partial charge >= 0.3 is 0 Å².